The fraction of sp³-hybridized carbons (Fsp3) is 0.800. The highest BCUT2D eigenvalue weighted by Gasteiger charge is 2.21. The largest absolute Gasteiger partial charge is 0.466 e. The van der Waals surface area contributed by atoms with Crippen LogP contribution in [0.25, 0.3) is 0 Å². The lowest BCUT2D eigenvalue weighted by molar-refractivity contribution is 0.0445. The van der Waals surface area contributed by atoms with Crippen molar-refractivity contribution in [2.45, 2.75) is 40.4 Å². The highest BCUT2D eigenvalue weighted by Crippen LogP contribution is 2.19. The lowest BCUT2D eigenvalue weighted by Crippen LogP contribution is -2.25. The first kappa shape index (κ1) is 12.6. The van der Waals surface area contributed by atoms with Crippen LogP contribution in [-0.4, -0.2) is 21.3 Å². The monoisotopic (exact) mass is 202 g/mol. The van der Waals surface area contributed by atoms with Crippen molar-refractivity contribution in [3.63, 3.8) is 0 Å². The molecule has 0 bridgehead atoms. The van der Waals surface area contributed by atoms with Gasteiger partial charge in [0.05, 0.1) is 21.3 Å². The Bertz CT molecular complexity index is 172. The average molecular weight is 202 g/mol. The van der Waals surface area contributed by atoms with Gasteiger partial charge in [0.25, 0.3) is 5.95 Å². The number of rotatable bonds is 5. The van der Waals surface area contributed by atoms with Crippen LogP contribution in [0.2, 0.25) is 19.6 Å². The van der Waals surface area contributed by atoms with Gasteiger partial charge in [-0.15, -0.1) is 0 Å². The Morgan fingerprint density at radius 2 is 1.38 bits per heavy atom. The van der Waals surface area contributed by atoms with Crippen molar-refractivity contribution in [1.82, 2.24) is 0 Å². The van der Waals surface area contributed by atoms with Crippen molar-refractivity contribution in [3.8, 4) is 0 Å². The molecule has 78 valence electrons. The second-order valence-electron chi connectivity index (χ2n) is 4.03. The van der Waals surface area contributed by atoms with E-state index in [1.807, 2.05) is 13.8 Å². The fourth-order valence-corrected chi connectivity index (χ4v) is 1.58. The molecule has 13 heavy (non-hydrogen) atoms. The highest BCUT2D eigenvalue weighted by molar-refractivity contribution is 6.83. The van der Waals surface area contributed by atoms with Crippen molar-refractivity contribution >= 4 is 8.07 Å². The summed E-state index contributed by atoms with van der Waals surface area (Å²) in [7, 11) is -1.27. The van der Waals surface area contributed by atoms with Crippen molar-refractivity contribution in [3.05, 3.63) is 11.1 Å². The molecule has 0 spiro atoms. The van der Waals surface area contributed by atoms with Crippen LogP contribution in [0.3, 0.4) is 0 Å². The molecule has 0 atom stereocenters. The summed E-state index contributed by atoms with van der Waals surface area (Å²) in [6.45, 7) is 14.3. The molecular formula is C10H22O2Si. The highest BCUT2D eigenvalue weighted by atomic mass is 28.3. The summed E-state index contributed by atoms with van der Waals surface area (Å²) in [6.07, 6.45) is 0. The summed E-state index contributed by atoms with van der Waals surface area (Å²) in [5.74, 6) is 0.754. The molecule has 0 N–H and O–H groups in total. The van der Waals surface area contributed by atoms with E-state index in [4.69, 9.17) is 9.47 Å². The van der Waals surface area contributed by atoms with Crippen LogP contribution in [-0.2, 0) is 9.47 Å². The lowest BCUT2D eigenvalue weighted by atomic mass is 10.6. The minimum Gasteiger partial charge on any atom is -0.466 e. The lowest BCUT2D eigenvalue weighted by Gasteiger charge is -2.21. The molecule has 0 aliphatic rings. The maximum absolute atomic E-state index is 5.46. The van der Waals surface area contributed by atoms with Crippen molar-refractivity contribution < 1.29 is 9.47 Å². The predicted molar refractivity (Wildman–Crippen MR) is 59.3 cm³/mol. The first-order valence-electron chi connectivity index (χ1n) is 4.90. The van der Waals surface area contributed by atoms with Gasteiger partial charge in [0.15, 0.2) is 0 Å². The first-order chi connectivity index (χ1) is 5.93. The molecule has 0 unspecified atom stereocenters. The molecule has 0 saturated carbocycles. The van der Waals surface area contributed by atoms with Crippen LogP contribution < -0.4 is 0 Å². The fourth-order valence-electron chi connectivity index (χ4n) is 0.827. The zero-order valence-corrected chi connectivity index (χ0v) is 10.7. The van der Waals surface area contributed by atoms with E-state index < -0.39 is 8.07 Å². The Hall–Kier alpha value is -0.443. The molecule has 0 radical (unpaired) electrons. The third-order valence-corrected chi connectivity index (χ3v) is 4.44. The van der Waals surface area contributed by atoms with Gasteiger partial charge in [-0.05, 0) is 26.0 Å². The Balaban J connectivity index is 4.63. The Labute approximate surface area is 82.9 Å². The van der Waals surface area contributed by atoms with Crippen LogP contribution in [0.1, 0.15) is 20.8 Å². The summed E-state index contributed by atoms with van der Waals surface area (Å²) < 4.78 is 10.9. The number of ether oxygens (including phenoxy) is 2. The van der Waals surface area contributed by atoms with Gasteiger partial charge < -0.3 is 9.47 Å². The Kier molecular flexibility index (Phi) is 5.14. The zero-order valence-electron chi connectivity index (χ0n) is 9.73. The topological polar surface area (TPSA) is 18.5 Å². The molecule has 0 saturated heterocycles. The Morgan fingerprint density at radius 3 is 1.62 bits per heavy atom. The quantitative estimate of drug-likeness (QED) is 0.503. The standard InChI is InChI=1S/C10H22O2Si/c1-7-11-10(12-8-2)9(3)13(4,5)6/h7-8H2,1-6H3. The van der Waals surface area contributed by atoms with E-state index in [1.165, 1.54) is 5.20 Å². The van der Waals surface area contributed by atoms with E-state index in [9.17, 15) is 0 Å². The molecule has 0 aliphatic carbocycles. The van der Waals surface area contributed by atoms with E-state index in [-0.39, 0.29) is 0 Å². The van der Waals surface area contributed by atoms with Crippen LogP contribution in [0.4, 0.5) is 0 Å². The molecule has 0 heterocycles. The number of hydrogen-bond donors (Lipinski definition) is 0. The van der Waals surface area contributed by atoms with Crippen LogP contribution in [0.15, 0.2) is 11.1 Å². The SMILES string of the molecule is CCOC(OCC)=C(C)[Si](C)(C)C. The summed E-state index contributed by atoms with van der Waals surface area (Å²) in [5.41, 5.74) is 0. The minimum absolute atomic E-state index is 0.678. The van der Waals surface area contributed by atoms with Crippen LogP contribution in [0, 0.1) is 0 Å². The smallest absolute Gasteiger partial charge is 0.273 e. The van der Waals surface area contributed by atoms with Gasteiger partial charge in [-0.3, -0.25) is 0 Å². The van der Waals surface area contributed by atoms with Gasteiger partial charge in [-0.2, -0.15) is 0 Å². The van der Waals surface area contributed by atoms with Gasteiger partial charge in [-0.1, -0.05) is 19.6 Å². The molecule has 0 fully saturated rings. The third-order valence-electron chi connectivity index (χ3n) is 1.98. The summed E-state index contributed by atoms with van der Waals surface area (Å²) in [6, 6.07) is 0. The Morgan fingerprint density at radius 1 is 1.00 bits per heavy atom. The van der Waals surface area contributed by atoms with Gasteiger partial charge in [0.1, 0.15) is 0 Å². The summed E-state index contributed by atoms with van der Waals surface area (Å²) >= 11 is 0. The van der Waals surface area contributed by atoms with Gasteiger partial charge in [0.2, 0.25) is 0 Å². The molecule has 0 amide bonds. The van der Waals surface area contributed by atoms with E-state index in [1.54, 1.807) is 0 Å². The van der Waals surface area contributed by atoms with Gasteiger partial charge >= 0.3 is 0 Å². The second kappa shape index (κ2) is 5.32. The second-order valence-corrected chi connectivity index (χ2v) is 9.28. The first-order valence-corrected chi connectivity index (χ1v) is 8.40. The summed E-state index contributed by atoms with van der Waals surface area (Å²) in [4.78, 5) is 0. The predicted octanol–water partition coefficient (Wildman–Crippen LogP) is 3.17. The van der Waals surface area contributed by atoms with E-state index in [2.05, 4.69) is 26.6 Å². The molecule has 0 rings (SSSR count). The molecule has 0 aromatic rings. The van der Waals surface area contributed by atoms with Crippen molar-refractivity contribution in [2.24, 2.45) is 0 Å². The van der Waals surface area contributed by atoms with Crippen LogP contribution >= 0.6 is 0 Å². The number of hydrogen-bond acceptors (Lipinski definition) is 2. The van der Waals surface area contributed by atoms with Crippen molar-refractivity contribution in [1.29, 1.82) is 0 Å². The number of allylic oxidation sites excluding steroid dienone is 1. The summed E-state index contributed by atoms with van der Waals surface area (Å²) in [5, 5.41) is 1.30. The maximum Gasteiger partial charge on any atom is 0.273 e. The van der Waals surface area contributed by atoms with E-state index in [0.717, 1.165) is 5.95 Å². The molecule has 2 nitrogen and oxygen atoms in total. The molecule has 0 aromatic carbocycles. The van der Waals surface area contributed by atoms with E-state index >= 15 is 0 Å². The third kappa shape index (κ3) is 4.36. The molecular weight excluding hydrogens is 180 g/mol. The maximum atomic E-state index is 5.46. The van der Waals surface area contributed by atoms with Crippen molar-refractivity contribution in [2.75, 3.05) is 13.2 Å². The van der Waals surface area contributed by atoms with Gasteiger partial charge in [0, 0.05) is 0 Å². The zero-order chi connectivity index (χ0) is 10.5. The molecule has 0 aromatic heterocycles. The minimum atomic E-state index is -1.27. The van der Waals surface area contributed by atoms with E-state index in [0.29, 0.717) is 13.2 Å². The van der Waals surface area contributed by atoms with Crippen LogP contribution in [0.5, 0.6) is 0 Å². The molecule has 0 aliphatic heterocycles. The average Bonchev–Trinajstić information content (AvgIpc) is 2.01. The van der Waals surface area contributed by atoms with Gasteiger partial charge in [-0.25, -0.2) is 0 Å². The normalized spacial score (nSPS) is 10.9. The molecule has 3 heteroatoms.